The highest BCUT2D eigenvalue weighted by Crippen LogP contribution is 2.34. The van der Waals surface area contributed by atoms with Gasteiger partial charge in [-0.25, -0.2) is 18.2 Å². The Morgan fingerprint density at radius 1 is 1.43 bits per heavy atom. The van der Waals surface area contributed by atoms with Gasteiger partial charge in [-0.3, -0.25) is 14.9 Å². The van der Waals surface area contributed by atoms with Gasteiger partial charge in [-0.15, -0.1) is 11.3 Å². The first-order valence-corrected chi connectivity index (χ1v) is 12.2. The molecule has 1 saturated heterocycles. The van der Waals surface area contributed by atoms with Gasteiger partial charge in [-0.2, -0.15) is 0 Å². The fourth-order valence-corrected chi connectivity index (χ4v) is 6.31. The van der Waals surface area contributed by atoms with Crippen LogP contribution in [0.4, 0.5) is 5.69 Å². The molecule has 1 atom stereocenters. The van der Waals surface area contributed by atoms with Gasteiger partial charge in [0.2, 0.25) is 0 Å². The van der Waals surface area contributed by atoms with Crippen LogP contribution in [0.1, 0.15) is 22.5 Å². The molecule has 1 aliphatic rings. The predicted molar refractivity (Wildman–Crippen MR) is 110 cm³/mol. The summed E-state index contributed by atoms with van der Waals surface area (Å²) in [5.74, 6) is -1.68. The van der Waals surface area contributed by atoms with Crippen LogP contribution in [-0.2, 0) is 19.4 Å². The van der Waals surface area contributed by atoms with Gasteiger partial charge in [-0.05, 0) is 19.4 Å². The van der Waals surface area contributed by atoms with Crippen molar-refractivity contribution >= 4 is 50.5 Å². The molecule has 10 nitrogen and oxygen atoms in total. The molecule has 30 heavy (non-hydrogen) atoms. The zero-order chi connectivity index (χ0) is 21.9. The lowest BCUT2D eigenvalue weighted by molar-refractivity contribution is -0.384. The second-order valence-corrected chi connectivity index (χ2v) is 10.9. The highest BCUT2D eigenvalue weighted by molar-refractivity contribution is 8.01. The number of nitro benzene ring substituents is 1. The Labute approximate surface area is 180 Å². The number of amides is 1. The number of carbonyl (C=O) groups is 2. The molecule has 0 aliphatic carbocycles. The number of carbonyl (C=O) groups excluding carboxylic acids is 2. The molecule has 0 bridgehead atoms. The second-order valence-electron chi connectivity index (χ2n) is 6.54. The minimum absolute atomic E-state index is 0.00221. The molecule has 1 aliphatic heterocycles. The van der Waals surface area contributed by atoms with Gasteiger partial charge in [0.15, 0.2) is 20.8 Å². The Morgan fingerprint density at radius 2 is 2.20 bits per heavy atom. The van der Waals surface area contributed by atoms with Crippen LogP contribution in [0.25, 0.3) is 0 Å². The third-order valence-corrected chi connectivity index (χ3v) is 8.02. The largest absolute Gasteiger partial charge is 0.452 e. The van der Waals surface area contributed by atoms with E-state index in [1.807, 2.05) is 12.3 Å². The molecule has 3 rings (SSSR count). The smallest absolute Gasteiger partial charge is 0.340 e. The van der Waals surface area contributed by atoms with Crippen molar-refractivity contribution in [2.24, 2.45) is 0 Å². The summed E-state index contributed by atoms with van der Waals surface area (Å²) in [4.78, 5) is 39.7. The highest BCUT2D eigenvalue weighted by atomic mass is 32.2. The lowest BCUT2D eigenvalue weighted by Crippen LogP contribution is -2.38. The Bertz CT molecular complexity index is 1100. The van der Waals surface area contributed by atoms with Crippen molar-refractivity contribution in [1.82, 2.24) is 10.3 Å². The minimum Gasteiger partial charge on any atom is -0.452 e. The van der Waals surface area contributed by atoms with Crippen LogP contribution >= 0.6 is 23.1 Å². The maximum absolute atomic E-state index is 12.5. The fraction of sp³-hybridized carbons (Fsp3) is 0.353. The standard InChI is InChI=1S/C17H17N3O7S3/c1-10-8-28-17(18-10)29-14-3-2-12(20(23)24)6-13(14)16(22)27-7-15(21)19-11-4-5-30(25,26)9-11/h2-3,6,8,11H,4-5,7,9H2,1H3,(H,19,21)/t11-/m1/s1. The number of aryl methyl sites for hydroxylation is 1. The maximum Gasteiger partial charge on any atom is 0.340 e. The molecule has 0 spiro atoms. The molecular formula is C17H17N3O7S3. The van der Waals surface area contributed by atoms with Gasteiger partial charge in [0.05, 0.1) is 22.0 Å². The lowest BCUT2D eigenvalue weighted by Gasteiger charge is -2.12. The van der Waals surface area contributed by atoms with E-state index in [0.29, 0.717) is 15.7 Å². The average Bonchev–Trinajstić information content (AvgIpc) is 3.24. The minimum atomic E-state index is -3.16. The second kappa shape index (κ2) is 9.10. The monoisotopic (exact) mass is 471 g/mol. The number of nitrogens with one attached hydrogen (secondary N) is 1. The van der Waals surface area contributed by atoms with Gasteiger partial charge >= 0.3 is 5.97 Å². The van der Waals surface area contributed by atoms with Crippen molar-refractivity contribution in [3.8, 4) is 0 Å². The summed E-state index contributed by atoms with van der Waals surface area (Å²) in [5, 5.41) is 15.4. The summed E-state index contributed by atoms with van der Waals surface area (Å²) < 4.78 is 28.6. The summed E-state index contributed by atoms with van der Waals surface area (Å²) in [6, 6.07) is 3.28. The number of aromatic nitrogens is 1. The first-order valence-electron chi connectivity index (χ1n) is 8.68. The molecule has 2 aromatic rings. The summed E-state index contributed by atoms with van der Waals surface area (Å²) in [6.45, 7) is 1.19. The van der Waals surface area contributed by atoms with Crippen LogP contribution in [0.5, 0.6) is 0 Å². The molecule has 0 radical (unpaired) electrons. The maximum atomic E-state index is 12.5. The molecule has 0 unspecified atom stereocenters. The molecule has 1 amide bonds. The van der Waals surface area contributed by atoms with E-state index in [1.165, 1.54) is 23.5 Å². The van der Waals surface area contributed by atoms with E-state index < -0.39 is 39.3 Å². The molecular weight excluding hydrogens is 454 g/mol. The van der Waals surface area contributed by atoms with E-state index in [0.717, 1.165) is 23.5 Å². The number of hydrogen-bond donors (Lipinski definition) is 1. The van der Waals surface area contributed by atoms with E-state index in [1.54, 1.807) is 0 Å². The van der Waals surface area contributed by atoms with Crippen molar-refractivity contribution in [3.05, 3.63) is 45.0 Å². The number of thiazole rings is 1. The number of non-ortho nitro benzene ring substituents is 1. The van der Waals surface area contributed by atoms with E-state index in [-0.39, 0.29) is 22.8 Å². The highest BCUT2D eigenvalue weighted by Gasteiger charge is 2.29. The quantitative estimate of drug-likeness (QED) is 0.364. The number of ether oxygens (including phenoxy) is 1. The Hall–Kier alpha value is -2.51. The third kappa shape index (κ3) is 5.77. The lowest BCUT2D eigenvalue weighted by atomic mass is 10.2. The zero-order valence-corrected chi connectivity index (χ0v) is 18.1. The molecule has 1 aromatic heterocycles. The van der Waals surface area contributed by atoms with Crippen molar-refractivity contribution in [3.63, 3.8) is 0 Å². The fourth-order valence-electron chi connectivity index (χ4n) is 2.74. The number of esters is 1. The van der Waals surface area contributed by atoms with Gasteiger partial charge in [0.25, 0.3) is 11.6 Å². The van der Waals surface area contributed by atoms with Gasteiger partial charge in [-0.1, -0.05) is 11.8 Å². The van der Waals surface area contributed by atoms with Gasteiger partial charge in [0.1, 0.15) is 0 Å². The Kier molecular flexibility index (Phi) is 6.73. The van der Waals surface area contributed by atoms with Gasteiger partial charge in [0, 0.05) is 34.1 Å². The third-order valence-electron chi connectivity index (χ3n) is 4.12. The number of nitro groups is 1. The van der Waals surface area contributed by atoms with Crippen LogP contribution in [0.3, 0.4) is 0 Å². The zero-order valence-electron chi connectivity index (χ0n) is 15.7. The van der Waals surface area contributed by atoms with Crippen LogP contribution in [0.2, 0.25) is 0 Å². The number of benzene rings is 1. The van der Waals surface area contributed by atoms with E-state index in [4.69, 9.17) is 4.74 Å². The molecule has 1 N–H and O–H groups in total. The Morgan fingerprint density at radius 3 is 2.80 bits per heavy atom. The summed E-state index contributed by atoms with van der Waals surface area (Å²) >= 11 is 2.52. The number of hydrogen-bond acceptors (Lipinski definition) is 10. The van der Waals surface area contributed by atoms with Crippen LogP contribution in [0.15, 0.2) is 32.8 Å². The van der Waals surface area contributed by atoms with E-state index in [2.05, 4.69) is 10.3 Å². The molecule has 0 saturated carbocycles. The molecule has 1 fully saturated rings. The summed E-state index contributed by atoms with van der Waals surface area (Å²) in [5.41, 5.74) is 0.458. The van der Waals surface area contributed by atoms with Crippen molar-refractivity contribution in [2.75, 3.05) is 18.1 Å². The first-order chi connectivity index (χ1) is 14.1. The number of sulfone groups is 1. The van der Waals surface area contributed by atoms with Crippen molar-refractivity contribution in [2.45, 2.75) is 28.6 Å². The van der Waals surface area contributed by atoms with Gasteiger partial charge < -0.3 is 10.1 Å². The first kappa shape index (κ1) is 22.2. The van der Waals surface area contributed by atoms with Crippen LogP contribution in [-0.4, -0.2) is 54.4 Å². The molecule has 1 aromatic carbocycles. The van der Waals surface area contributed by atoms with Crippen molar-refractivity contribution in [1.29, 1.82) is 0 Å². The Balaban J connectivity index is 1.69. The predicted octanol–water partition coefficient (Wildman–Crippen LogP) is 1.97. The summed E-state index contributed by atoms with van der Waals surface area (Å²) in [6.07, 6.45) is 0.306. The normalized spacial score (nSPS) is 17.4. The molecule has 2 heterocycles. The van der Waals surface area contributed by atoms with E-state index >= 15 is 0 Å². The van der Waals surface area contributed by atoms with Crippen LogP contribution < -0.4 is 5.32 Å². The SMILES string of the molecule is Cc1csc(Sc2ccc([N+](=O)[O-])cc2C(=O)OCC(=O)N[C@@H]2CCS(=O)(=O)C2)n1. The van der Waals surface area contributed by atoms with Crippen LogP contribution in [0, 0.1) is 17.0 Å². The average molecular weight is 472 g/mol. The molecule has 13 heteroatoms. The summed E-state index contributed by atoms with van der Waals surface area (Å²) in [7, 11) is -3.16. The van der Waals surface area contributed by atoms with Crippen molar-refractivity contribution < 1.29 is 27.7 Å². The van der Waals surface area contributed by atoms with E-state index in [9.17, 15) is 28.1 Å². The topological polar surface area (TPSA) is 146 Å². The number of rotatable bonds is 7. The number of nitrogens with zero attached hydrogens (tertiary/aromatic N) is 2. The molecule has 160 valence electrons.